The van der Waals surface area contributed by atoms with Gasteiger partial charge < -0.3 is 10.2 Å². The van der Waals surface area contributed by atoms with Crippen molar-refractivity contribution in [1.82, 2.24) is 14.9 Å². The molecule has 0 spiro atoms. The molecule has 2 N–H and O–H groups in total. The molecule has 0 aliphatic rings. The van der Waals surface area contributed by atoms with Gasteiger partial charge in [-0.05, 0) is 35.1 Å². The van der Waals surface area contributed by atoms with Crippen LogP contribution < -0.4 is 10.0 Å². The van der Waals surface area contributed by atoms with E-state index in [1.807, 2.05) is 0 Å². The van der Waals surface area contributed by atoms with E-state index in [0.717, 1.165) is 15.1 Å². The van der Waals surface area contributed by atoms with Gasteiger partial charge in [0.1, 0.15) is 4.21 Å². The van der Waals surface area contributed by atoms with Gasteiger partial charge in [-0.1, -0.05) is 0 Å². The molecule has 1 amide bonds. The first-order valence-corrected chi connectivity index (χ1v) is 8.59. The van der Waals surface area contributed by atoms with E-state index in [1.165, 1.54) is 11.0 Å². The largest absolute Gasteiger partial charge is 0.343 e. The molecule has 0 radical (unpaired) electrons. The van der Waals surface area contributed by atoms with Crippen LogP contribution in [0.15, 0.2) is 20.1 Å². The minimum atomic E-state index is -3.61. The van der Waals surface area contributed by atoms with E-state index in [0.29, 0.717) is 13.1 Å². The number of carbonyl (C=O) groups is 1. The van der Waals surface area contributed by atoms with Crippen molar-refractivity contribution in [2.24, 2.45) is 0 Å². The summed E-state index contributed by atoms with van der Waals surface area (Å²) >= 11 is 4.30. The summed E-state index contributed by atoms with van der Waals surface area (Å²) < 4.78 is 27.0. The number of sulfonamides is 1. The fourth-order valence-electron chi connectivity index (χ4n) is 1.21. The van der Waals surface area contributed by atoms with E-state index in [4.69, 9.17) is 0 Å². The number of hydrogen-bond acceptors (Lipinski definition) is 5. The lowest BCUT2D eigenvalue weighted by atomic mass is 10.5. The second-order valence-corrected chi connectivity index (χ2v) is 8.26. The molecule has 0 atom stereocenters. The van der Waals surface area contributed by atoms with Crippen LogP contribution in [0, 0.1) is 0 Å². The van der Waals surface area contributed by atoms with Crippen LogP contribution in [0.3, 0.4) is 0 Å². The van der Waals surface area contributed by atoms with Crippen LogP contribution in [0.2, 0.25) is 0 Å². The van der Waals surface area contributed by atoms with Crippen LogP contribution in [0.4, 0.5) is 0 Å². The van der Waals surface area contributed by atoms with Crippen LogP contribution in [0.25, 0.3) is 0 Å². The third-order valence-corrected chi connectivity index (χ3v) is 5.87. The Kier molecular flexibility index (Phi) is 6.40. The Balaban J connectivity index is 2.54. The van der Waals surface area contributed by atoms with Crippen LogP contribution in [0.5, 0.6) is 0 Å². The van der Waals surface area contributed by atoms with Gasteiger partial charge >= 0.3 is 0 Å². The van der Waals surface area contributed by atoms with Gasteiger partial charge in [0.05, 0.1) is 10.3 Å². The summed E-state index contributed by atoms with van der Waals surface area (Å²) in [6.07, 6.45) is 0. The SMILES string of the molecule is CNCCN(C)C(=O)CNS(=O)(=O)c1ccc(Br)s1. The normalized spacial score (nSPS) is 11.5. The minimum Gasteiger partial charge on any atom is -0.343 e. The molecule has 1 aromatic heterocycles. The summed E-state index contributed by atoms with van der Waals surface area (Å²) in [6.45, 7) is 0.951. The van der Waals surface area contributed by atoms with Gasteiger partial charge in [0, 0.05) is 20.1 Å². The van der Waals surface area contributed by atoms with Crippen molar-refractivity contribution < 1.29 is 13.2 Å². The van der Waals surface area contributed by atoms with E-state index in [1.54, 1.807) is 20.2 Å². The van der Waals surface area contributed by atoms with Gasteiger partial charge in [-0.25, -0.2) is 13.1 Å². The van der Waals surface area contributed by atoms with Gasteiger partial charge in [-0.3, -0.25) is 4.79 Å². The third-order valence-electron chi connectivity index (χ3n) is 2.35. The predicted octanol–water partition coefficient (Wildman–Crippen LogP) is 0.467. The van der Waals surface area contributed by atoms with E-state index in [-0.39, 0.29) is 16.7 Å². The van der Waals surface area contributed by atoms with Gasteiger partial charge in [0.2, 0.25) is 5.91 Å². The molecule has 0 saturated carbocycles. The van der Waals surface area contributed by atoms with Crippen LogP contribution in [-0.2, 0) is 14.8 Å². The standard InChI is InChI=1S/C10H16BrN3O3S2/c1-12-5-6-14(2)9(15)7-13-19(16,17)10-4-3-8(11)18-10/h3-4,12-13H,5-7H2,1-2H3. The maximum Gasteiger partial charge on any atom is 0.250 e. The Morgan fingerprint density at radius 1 is 1.47 bits per heavy atom. The highest BCUT2D eigenvalue weighted by atomic mass is 79.9. The zero-order chi connectivity index (χ0) is 14.5. The van der Waals surface area contributed by atoms with E-state index >= 15 is 0 Å². The molecule has 0 aliphatic heterocycles. The molecule has 9 heteroatoms. The molecule has 0 aromatic carbocycles. The Hall–Kier alpha value is -0.480. The molecule has 0 saturated heterocycles. The maximum atomic E-state index is 11.9. The fraction of sp³-hybridized carbons (Fsp3) is 0.500. The molecular weight excluding hydrogens is 354 g/mol. The molecule has 0 fully saturated rings. The lowest BCUT2D eigenvalue weighted by molar-refractivity contribution is -0.128. The smallest absolute Gasteiger partial charge is 0.250 e. The van der Waals surface area contributed by atoms with Crippen LogP contribution in [0.1, 0.15) is 0 Å². The average Bonchev–Trinajstić information content (AvgIpc) is 2.80. The highest BCUT2D eigenvalue weighted by molar-refractivity contribution is 9.11. The van der Waals surface area contributed by atoms with Crippen LogP contribution >= 0.6 is 27.3 Å². The van der Waals surface area contributed by atoms with Gasteiger partial charge in [0.25, 0.3) is 10.0 Å². The molecule has 6 nitrogen and oxygen atoms in total. The molecule has 1 rings (SSSR count). The van der Waals surface area contributed by atoms with Crippen molar-refractivity contribution in [2.45, 2.75) is 4.21 Å². The number of carbonyl (C=O) groups excluding carboxylic acids is 1. The summed E-state index contributed by atoms with van der Waals surface area (Å²) in [4.78, 5) is 13.2. The Bertz CT molecular complexity index is 530. The summed E-state index contributed by atoms with van der Waals surface area (Å²) in [5.74, 6) is -0.269. The lowest BCUT2D eigenvalue weighted by Crippen LogP contribution is -2.40. The molecule has 0 aliphatic carbocycles. The summed E-state index contributed by atoms with van der Waals surface area (Å²) in [6, 6.07) is 3.15. The minimum absolute atomic E-state index is 0.185. The number of nitrogens with one attached hydrogen (secondary N) is 2. The number of thiophene rings is 1. The molecule has 1 heterocycles. The van der Waals surface area contributed by atoms with E-state index in [2.05, 4.69) is 26.0 Å². The highest BCUT2D eigenvalue weighted by Crippen LogP contribution is 2.25. The fourth-order valence-corrected chi connectivity index (χ4v) is 4.24. The average molecular weight is 370 g/mol. The predicted molar refractivity (Wildman–Crippen MR) is 78.8 cm³/mol. The van der Waals surface area contributed by atoms with Crippen LogP contribution in [-0.4, -0.2) is 53.0 Å². The molecule has 1 aromatic rings. The zero-order valence-corrected chi connectivity index (χ0v) is 13.9. The van der Waals surface area contributed by atoms with Gasteiger partial charge in [-0.2, -0.15) is 0 Å². The molecular formula is C10H16BrN3O3S2. The number of hydrogen-bond donors (Lipinski definition) is 2. The first-order chi connectivity index (χ1) is 8.86. The van der Waals surface area contributed by atoms with Crippen molar-refractivity contribution in [3.8, 4) is 0 Å². The van der Waals surface area contributed by atoms with Crippen molar-refractivity contribution in [3.63, 3.8) is 0 Å². The Morgan fingerprint density at radius 3 is 2.68 bits per heavy atom. The lowest BCUT2D eigenvalue weighted by Gasteiger charge is -2.16. The quantitative estimate of drug-likeness (QED) is 0.731. The summed E-state index contributed by atoms with van der Waals surface area (Å²) in [5.41, 5.74) is 0. The monoisotopic (exact) mass is 369 g/mol. The molecule has 0 unspecified atom stereocenters. The van der Waals surface area contributed by atoms with Gasteiger partial charge in [0.15, 0.2) is 0 Å². The summed E-state index contributed by atoms with van der Waals surface area (Å²) in [5, 5.41) is 2.92. The third kappa shape index (κ3) is 5.19. The first kappa shape index (κ1) is 16.6. The Labute approximate surface area is 125 Å². The number of rotatable bonds is 7. The molecule has 19 heavy (non-hydrogen) atoms. The number of amides is 1. The topological polar surface area (TPSA) is 78.5 Å². The Morgan fingerprint density at radius 2 is 2.16 bits per heavy atom. The second kappa shape index (κ2) is 7.34. The number of likely N-dealkylation sites (N-methyl/N-ethyl adjacent to an activating group) is 2. The second-order valence-electron chi connectivity index (χ2n) is 3.80. The number of nitrogens with zero attached hydrogens (tertiary/aromatic N) is 1. The van der Waals surface area contributed by atoms with E-state index < -0.39 is 10.0 Å². The first-order valence-electron chi connectivity index (χ1n) is 5.50. The van der Waals surface area contributed by atoms with E-state index in [9.17, 15) is 13.2 Å². The number of halogens is 1. The molecule has 0 bridgehead atoms. The van der Waals surface area contributed by atoms with Gasteiger partial charge in [-0.15, -0.1) is 11.3 Å². The van der Waals surface area contributed by atoms with Crippen molar-refractivity contribution in [3.05, 3.63) is 15.9 Å². The summed E-state index contributed by atoms with van der Waals surface area (Å²) in [7, 11) is -0.191. The maximum absolute atomic E-state index is 11.9. The highest BCUT2D eigenvalue weighted by Gasteiger charge is 2.18. The zero-order valence-electron chi connectivity index (χ0n) is 10.6. The van der Waals surface area contributed by atoms with Crippen molar-refractivity contribution in [2.75, 3.05) is 33.7 Å². The van der Waals surface area contributed by atoms with Crippen molar-refractivity contribution >= 4 is 43.2 Å². The molecule has 108 valence electrons. The van der Waals surface area contributed by atoms with Crippen molar-refractivity contribution in [1.29, 1.82) is 0 Å².